The number of aliphatic hydroxyl groups excluding tert-OH is 1. The zero-order valence-corrected chi connectivity index (χ0v) is 21.4. The lowest BCUT2D eigenvalue weighted by atomic mass is 9.95. The first-order valence-corrected chi connectivity index (χ1v) is 14.0. The van der Waals surface area contributed by atoms with Crippen LogP contribution >= 0.6 is 0 Å². The Morgan fingerprint density at radius 2 is 1.89 bits per heavy atom. The molecule has 1 atom stereocenters. The summed E-state index contributed by atoms with van der Waals surface area (Å²) in [6, 6.07) is 12.4. The lowest BCUT2D eigenvalue weighted by Crippen LogP contribution is -2.27. The number of carbonyl (C=O) groups is 1. The van der Waals surface area contributed by atoms with Crippen LogP contribution in [0.4, 0.5) is 11.5 Å². The van der Waals surface area contributed by atoms with E-state index in [2.05, 4.69) is 24.7 Å². The van der Waals surface area contributed by atoms with Gasteiger partial charge in [0.1, 0.15) is 23.6 Å². The molecule has 1 fully saturated rings. The van der Waals surface area contributed by atoms with Gasteiger partial charge in [-0.15, -0.1) is 0 Å². The molecule has 5 rings (SSSR count). The summed E-state index contributed by atoms with van der Waals surface area (Å²) in [5.74, 6) is 0.309. The normalized spacial score (nSPS) is 19.2. The molecule has 0 aliphatic heterocycles. The molecule has 3 heterocycles. The van der Waals surface area contributed by atoms with Gasteiger partial charge in [0.15, 0.2) is 5.82 Å². The van der Waals surface area contributed by atoms with E-state index in [0.29, 0.717) is 46.2 Å². The number of aliphatic hydroxyl groups is 1. The van der Waals surface area contributed by atoms with Gasteiger partial charge in [0.25, 0.3) is 5.91 Å². The second kappa shape index (κ2) is 10.3. The van der Waals surface area contributed by atoms with Crippen molar-refractivity contribution < 1.29 is 18.8 Å². The van der Waals surface area contributed by atoms with E-state index >= 15 is 0 Å². The van der Waals surface area contributed by atoms with Gasteiger partial charge in [-0.05, 0) is 62.4 Å². The Balaban J connectivity index is 1.46. The van der Waals surface area contributed by atoms with Crippen LogP contribution in [-0.2, 0) is 9.73 Å². The van der Waals surface area contributed by atoms with Gasteiger partial charge in [0, 0.05) is 23.5 Å². The minimum absolute atomic E-state index is 0.0290. The summed E-state index contributed by atoms with van der Waals surface area (Å²) in [5, 5.41) is 17.3. The predicted octanol–water partition coefficient (Wildman–Crippen LogP) is 4.16. The van der Waals surface area contributed by atoms with Crippen LogP contribution < -0.4 is 10.1 Å². The molecule has 1 saturated carbocycles. The van der Waals surface area contributed by atoms with Gasteiger partial charge in [-0.2, -0.15) is 9.46 Å². The Kier molecular flexibility index (Phi) is 6.90. The lowest BCUT2D eigenvalue weighted by Gasteiger charge is -2.26. The van der Waals surface area contributed by atoms with Gasteiger partial charge < -0.3 is 15.2 Å². The first-order valence-electron chi connectivity index (χ1n) is 12.0. The molecule has 10 nitrogen and oxygen atoms in total. The van der Waals surface area contributed by atoms with Crippen LogP contribution in [0.15, 0.2) is 70.4 Å². The molecule has 11 heteroatoms. The first-order chi connectivity index (χ1) is 17.8. The highest BCUT2D eigenvalue weighted by atomic mass is 32.2. The number of nitrogens with one attached hydrogen (secondary N) is 1. The van der Waals surface area contributed by atoms with Crippen LogP contribution in [-0.4, -0.2) is 53.3 Å². The number of hydrogen-bond acceptors (Lipinski definition) is 8. The van der Waals surface area contributed by atoms with E-state index < -0.39 is 15.6 Å². The molecular weight excluding hydrogens is 492 g/mol. The molecule has 192 valence electrons. The molecule has 0 spiro atoms. The van der Waals surface area contributed by atoms with Crippen LogP contribution in [0.1, 0.15) is 41.6 Å². The number of fused-ring (bicyclic) bond motifs is 1. The summed E-state index contributed by atoms with van der Waals surface area (Å²) in [4.78, 5) is 22.4. The number of hydrogen-bond donors (Lipinski definition) is 2. The number of nitrogens with zero attached hydrogens (tertiary/aromatic N) is 5. The Labute approximate surface area is 214 Å². The molecule has 0 radical (unpaired) electrons. The van der Waals surface area contributed by atoms with Gasteiger partial charge in [-0.1, -0.05) is 18.2 Å². The Bertz CT molecular complexity index is 1550. The van der Waals surface area contributed by atoms with Crippen LogP contribution in [0.2, 0.25) is 0 Å². The molecule has 1 aliphatic rings. The van der Waals surface area contributed by atoms with E-state index in [1.165, 1.54) is 12.6 Å². The number of amides is 1. The van der Waals surface area contributed by atoms with Gasteiger partial charge >= 0.3 is 0 Å². The number of pyridine rings is 1. The maximum Gasteiger partial charge on any atom is 0.287 e. The summed E-state index contributed by atoms with van der Waals surface area (Å²) >= 11 is 0. The van der Waals surface area contributed by atoms with E-state index in [-0.39, 0.29) is 17.8 Å². The fraction of sp³-hybridized carbons (Fsp3) is 0.308. The maximum absolute atomic E-state index is 13.2. The highest BCUT2D eigenvalue weighted by Gasteiger charge is 2.23. The van der Waals surface area contributed by atoms with Crippen LogP contribution in [0, 0.1) is 6.92 Å². The zero-order valence-electron chi connectivity index (χ0n) is 20.6. The average molecular weight is 521 g/mol. The van der Waals surface area contributed by atoms with Crippen molar-refractivity contribution in [2.45, 2.75) is 49.7 Å². The molecule has 0 bridgehead atoms. The molecular formula is C26H28N6O4S. The third kappa shape index (κ3) is 5.32. The number of aromatic nitrogens is 4. The van der Waals surface area contributed by atoms with E-state index in [0.717, 1.165) is 12.8 Å². The molecule has 4 aromatic rings. The number of benzene rings is 1. The van der Waals surface area contributed by atoms with E-state index in [1.807, 2.05) is 12.1 Å². The van der Waals surface area contributed by atoms with Crippen molar-refractivity contribution in [1.82, 2.24) is 19.6 Å². The van der Waals surface area contributed by atoms with Crippen molar-refractivity contribution in [1.29, 1.82) is 0 Å². The zero-order chi connectivity index (χ0) is 26.0. The standard InChI is InChI=1S/C26H28N6O4S/c1-17-21(25(34)31-37(2,35)20-7-4-3-5-8-20)15-32-23(17)24(28-16-29-32)30-22-9-6-14-27-26(22)36-19-12-10-18(33)11-13-19/h3-9,14-16,18-19,33H,10-13H2,1-2H3,(H,28,29,30)/t18-,19-,37-/m1/s1. The fourth-order valence-electron chi connectivity index (χ4n) is 4.43. The summed E-state index contributed by atoms with van der Waals surface area (Å²) < 4.78 is 24.9. The predicted molar refractivity (Wildman–Crippen MR) is 140 cm³/mol. The molecule has 0 saturated heterocycles. The van der Waals surface area contributed by atoms with Crippen molar-refractivity contribution in [2.24, 2.45) is 4.36 Å². The van der Waals surface area contributed by atoms with Gasteiger partial charge in [-0.3, -0.25) is 4.79 Å². The molecule has 1 amide bonds. The maximum atomic E-state index is 13.2. The minimum Gasteiger partial charge on any atom is -0.473 e. The molecule has 2 N–H and O–H groups in total. The third-order valence-electron chi connectivity index (χ3n) is 6.44. The Morgan fingerprint density at radius 3 is 2.65 bits per heavy atom. The molecule has 37 heavy (non-hydrogen) atoms. The monoisotopic (exact) mass is 520 g/mol. The van der Waals surface area contributed by atoms with Gasteiger partial charge in [0.05, 0.1) is 21.4 Å². The largest absolute Gasteiger partial charge is 0.473 e. The average Bonchev–Trinajstić information content (AvgIpc) is 3.24. The topological polar surface area (TPSA) is 131 Å². The summed E-state index contributed by atoms with van der Waals surface area (Å²) in [5.41, 5.74) is 2.09. The van der Waals surface area contributed by atoms with Crippen LogP contribution in [0.25, 0.3) is 5.52 Å². The minimum atomic E-state index is -2.92. The van der Waals surface area contributed by atoms with E-state index in [9.17, 15) is 14.1 Å². The fourth-order valence-corrected chi connectivity index (χ4v) is 5.61. The lowest BCUT2D eigenvalue weighted by molar-refractivity contribution is 0.0647. The number of rotatable bonds is 6. The number of ether oxygens (including phenoxy) is 1. The number of aryl methyl sites for hydroxylation is 1. The van der Waals surface area contributed by atoms with Crippen LogP contribution in [0.5, 0.6) is 5.88 Å². The van der Waals surface area contributed by atoms with Crippen molar-refractivity contribution in [3.8, 4) is 5.88 Å². The number of carbonyl (C=O) groups excluding carboxylic acids is 1. The van der Waals surface area contributed by atoms with Gasteiger partial charge in [0.2, 0.25) is 5.88 Å². The summed E-state index contributed by atoms with van der Waals surface area (Å²) in [6.07, 6.45) is 8.67. The Hall–Kier alpha value is -3.83. The highest BCUT2D eigenvalue weighted by Crippen LogP contribution is 2.32. The second-order valence-electron chi connectivity index (χ2n) is 9.11. The summed E-state index contributed by atoms with van der Waals surface area (Å²) in [7, 11) is -2.92. The number of anilines is 2. The second-order valence-corrected chi connectivity index (χ2v) is 11.4. The quantitative estimate of drug-likeness (QED) is 0.388. The van der Waals surface area contributed by atoms with Crippen LogP contribution in [0.3, 0.4) is 0 Å². The third-order valence-corrected chi connectivity index (χ3v) is 8.10. The van der Waals surface area contributed by atoms with Gasteiger partial charge in [-0.25, -0.2) is 18.7 Å². The summed E-state index contributed by atoms with van der Waals surface area (Å²) in [6.45, 7) is 1.78. The van der Waals surface area contributed by atoms with Crippen molar-refractivity contribution >= 4 is 32.7 Å². The molecule has 1 aliphatic carbocycles. The molecule has 1 aromatic carbocycles. The molecule has 3 aromatic heterocycles. The van der Waals surface area contributed by atoms with E-state index in [1.54, 1.807) is 54.2 Å². The molecule has 0 unspecified atom stereocenters. The SMILES string of the molecule is Cc1c(C(=O)N=[S@](C)(=O)c2ccccc2)cn2ncnc(Nc3cccnc3O[C@H]3CC[C@H](O)CC3)c12. The smallest absolute Gasteiger partial charge is 0.287 e. The highest BCUT2D eigenvalue weighted by molar-refractivity contribution is 7.93. The van der Waals surface area contributed by atoms with Crippen molar-refractivity contribution in [3.63, 3.8) is 0 Å². The Morgan fingerprint density at radius 1 is 1.14 bits per heavy atom. The first kappa shape index (κ1) is 24.8. The van der Waals surface area contributed by atoms with E-state index in [4.69, 9.17) is 4.74 Å². The van der Waals surface area contributed by atoms with Crippen molar-refractivity contribution in [2.75, 3.05) is 11.6 Å². The van der Waals surface area contributed by atoms with Crippen molar-refractivity contribution in [3.05, 3.63) is 72.3 Å².